The Morgan fingerprint density at radius 2 is 2.31 bits per heavy atom. The van der Waals surface area contributed by atoms with Gasteiger partial charge < -0.3 is 9.64 Å². The van der Waals surface area contributed by atoms with Crippen LogP contribution in [0.25, 0.3) is 0 Å². The van der Waals surface area contributed by atoms with Crippen LogP contribution in [-0.4, -0.2) is 36.6 Å². The van der Waals surface area contributed by atoms with Crippen molar-refractivity contribution in [2.24, 2.45) is 7.05 Å². The molecule has 0 aliphatic heterocycles. The first kappa shape index (κ1) is 13.0. The van der Waals surface area contributed by atoms with Crippen molar-refractivity contribution in [1.82, 2.24) is 9.78 Å². The number of anilines is 1. The smallest absolute Gasteiger partial charge is 0.287 e. The van der Waals surface area contributed by atoms with Gasteiger partial charge >= 0.3 is 0 Å². The Hall–Kier alpha value is -1.07. The summed E-state index contributed by atoms with van der Waals surface area (Å²) in [7, 11) is 3.42. The molecule has 0 N–H and O–H groups in total. The predicted octanol–water partition coefficient (Wildman–Crippen LogP) is 0.906. The van der Waals surface area contributed by atoms with E-state index in [0.717, 1.165) is 0 Å². The van der Waals surface area contributed by atoms with E-state index in [1.165, 1.54) is 4.68 Å². The summed E-state index contributed by atoms with van der Waals surface area (Å²) in [6, 6.07) is 0. The molecular weight excluding hydrogens is 230 g/mol. The van der Waals surface area contributed by atoms with E-state index in [2.05, 4.69) is 5.10 Å². The molecule has 1 rings (SSSR count). The monoisotopic (exact) mass is 245 g/mol. The lowest BCUT2D eigenvalue weighted by Gasteiger charge is -2.19. The van der Waals surface area contributed by atoms with Crippen molar-refractivity contribution in [1.29, 1.82) is 0 Å². The van der Waals surface area contributed by atoms with Crippen LogP contribution in [0, 0.1) is 0 Å². The fourth-order valence-corrected chi connectivity index (χ4v) is 1.55. The number of hydrogen-bond acceptors (Lipinski definition) is 4. The number of rotatable bonds is 5. The lowest BCUT2D eigenvalue weighted by atomic mass is 10.4. The van der Waals surface area contributed by atoms with Gasteiger partial charge in [-0.1, -0.05) is 11.6 Å². The van der Waals surface area contributed by atoms with Gasteiger partial charge in [-0.05, 0) is 6.92 Å². The van der Waals surface area contributed by atoms with Crippen molar-refractivity contribution in [3.8, 4) is 0 Å². The largest absolute Gasteiger partial charge is 0.380 e. The first-order chi connectivity index (χ1) is 7.57. The van der Waals surface area contributed by atoms with Crippen molar-refractivity contribution in [2.75, 3.05) is 31.7 Å². The van der Waals surface area contributed by atoms with E-state index in [4.69, 9.17) is 16.3 Å². The van der Waals surface area contributed by atoms with Gasteiger partial charge in [0.15, 0.2) is 0 Å². The highest BCUT2D eigenvalue weighted by atomic mass is 35.5. The van der Waals surface area contributed by atoms with Crippen LogP contribution in [0.4, 0.5) is 5.69 Å². The predicted molar refractivity (Wildman–Crippen MR) is 64.3 cm³/mol. The zero-order chi connectivity index (χ0) is 12.1. The molecule has 1 heterocycles. The van der Waals surface area contributed by atoms with Gasteiger partial charge in [-0.3, -0.25) is 4.79 Å². The van der Waals surface area contributed by atoms with Gasteiger partial charge in [0.25, 0.3) is 5.56 Å². The Morgan fingerprint density at radius 1 is 1.62 bits per heavy atom. The van der Waals surface area contributed by atoms with E-state index in [1.54, 1.807) is 13.2 Å². The molecule has 0 spiro atoms. The van der Waals surface area contributed by atoms with E-state index >= 15 is 0 Å². The van der Waals surface area contributed by atoms with Gasteiger partial charge in [-0.15, -0.1) is 0 Å². The number of likely N-dealkylation sites (N-methyl/N-ethyl adjacent to an activating group) is 1. The maximum atomic E-state index is 11.5. The van der Waals surface area contributed by atoms with Crippen LogP contribution in [0.5, 0.6) is 0 Å². The number of hydrogen-bond donors (Lipinski definition) is 0. The lowest BCUT2D eigenvalue weighted by molar-refractivity contribution is 0.154. The summed E-state index contributed by atoms with van der Waals surface area (Å²) < 4.78 is 6.44. The highest BCUT2D eigenvalue weighted by Crippen LogP contribution is 2.18. The molecule has 16 heavy (non-hydrogen) atoms. The quantitative estimate of drug-likeness (QED) is 0.724. The van der Waals surface area contributed by atoms with Gasteiger partial charge in [-0.25, -0.2) is 4.68 Å². The standard InChI is InChI=1S/C10H16ClN3O2/c1-4-16-6-5-13(2)8-7-12-14(3)10(15)9(8)11/h7H,4-6H2,1-3H3. The molecule has 5 nitrogen and oxygen atoms in total. The fraction of sp³-hybridized carbons (Fsp3) is 0.600. The maximum Gasteiger partial charge on any atom is 0.287 e. The van der Waals surface area contributed by atoms with Crippen molar-refractivity contribution in [2.45, 2.75) is 6.92 Å². The molecule has 0 aliphatic rings. The number of aryl methyl sites for hydroxylation is 1. The third kappa shape index (κ3) is 2.96. The molecule has 0 unspecified atom stereocenters. The Kier molecular flexibility index (Phi) is 4.76. The molecule has 0 atom stereocenters. The molecular formula is C10H16ClN3O2. The third-order valence-electron chi connectivity index (χ3n) is 2.25. The Labute approximate surface area is 99.6 Å². The molecule has 0 saturated carbocycles. The number of ether oxygens (including phenoxy) is 1. The number of nitrogens with zero attached hydrogens (tertiary/aromatic N) is 3. The fourth-order valence-electron chi connectivity index (χ4n) is 1.23. The average Bonchev–Trinajstić information content (AvgIpc) is 2.26. The third-order valence-corrected chi connectivity index (χ3v) is 2.60. The Morgan fingerprint density at radius 3 is 2.94 bits per heavy atom. The van der Waals surface area contributed by atoms with E-state index in [1.807, 2.05) is 18.9 Å². The number of halogens is 1. The first-order valence-electron chi connectivity index (χ1n) is 5.08. The summed E-state index contributed by atoms with van der Waals surface area (Å²) in [5, 5.41) is 4.12. The van der Waals surface area contributed by atoms with Gasteiger partial charge in [-0.2, -0.15) is 5.10 Å². The van der Waals surface area contributed by atoms with Crippen molar-refractivity contribution in [3.63, 3.8) is 0 Å². The normalized spacial score (nSPS) is 10.5. The van der Waals surface area contributed by atoms with Crippen LogP contribution >= 0.6 is 11.6 Å². The highest BCUT2D eigenvalue weighted by molar-refractivity contribution is 6.32. The molecule has 0 saturated heterocycles. The van der Waals surface area contributed by atoms with Gasteiger partial charge in [0, 0.05) is 27.2 Å². The first-order valence-corrected chi connectivity index (χ1v) is 5.46. The second-order valence-corrected chi connectivity index (χ2v) is 3.77. The average molecular weight is 246 g/mol. The van der Waals surface area contributed by atoms with Crippen molar-refractivity contribution in [3.05, 3.63) is 21.6 Å². The van der Waals surface area contributed by atoms with Crippen molar-refractivity contribution >= 4 is 17.3 Å². The molecule has 0 aromatic carbocycles. The van der Waals surface area contributed by atoms with Gasteiger partial charge in [0.1, 0.15) is 5.02 Å². The van der Waals surface area contributed by atoms with E-state index in [0.29, 0.717) is 25.4 Å². The second-order valence-electron chi connectivity index (χ2n) is 3.39. The van der Waals surface area contributed by atoms with Crippen LogP contribution in [0.3, 0.4) is 0 Å². The zero-order valence-corrected chi connectivity index (χ0v) is 10.5. The molecule has 90 valence electrons. The molecule has 6 heteroatoms. The minimum absolute atomic E-state index is 0.191. The molecule has 1 aromatic heterocycles. The van der Waals surface area contributed by atoms with Crippen LogP contribution in [0.1, 0.15) is 6.92 Å². The summed E-state index contributed by atoms with van der Waals surface area (Å²) in [5.74, 6) is 0. The van der Waals surface area contributed by atoms with Crippen LogP contribution in [0.15, 0.2) is 11.0 Å². The molecule has 1 aromatic rings. The van der Waals surface area contributed by atoms with Crippen molar-refractivity contribution < 1.29 is 4.74 Å². The minimum atomic E-state index is -0.289. The molecule has 0 bridgehead atoms. The summed E-state index contributed by atoms with van der Waals surface area (Å²) in [5.41, 5.74) is 0.340. The number of aromatic nitrogens is 2. The van der Waals surface area contributed by atoms with E-state index in [-0.39, 0.29) is 10.6 Å². The Balaban J connectivity index is 2.80. The summed E-state index contributed by atoms with van der Waals surface area (Å²) in [4.78, 5) is 13.4. The van der Waals surface area contributed by atoms with Crippen LogP contribution < -0.4 is 10.5 Å². The lowest BCUT2D eigenvalue weighted by Crippen LogP contribution is -2.27. The summed E-state index contributed by atoms with van der Waals surface area (Å²) in [6.45, 7) is 3.88. The molecule has 0 fully saturated rings. The maximum absolute atomic E-state index is 11.5. The van der Waals surface area contributed by atoms with Gasteiger partial charge in [0.05, 0.1) is 18.5 Å². The molecule has 0 aliphatic carbocycles. The summed E-state index contributed by atoms with van der Waals surface area (Å²) in [6.07, 6.45) is 1.58. The highest BCUT2D eigenvalue weighted by Gasteiger charge is 2.10. The second kappa shape index (κ2) is 5.86. The molecule has 0 amide bonds. The van der Waals surface area contributed by atoms with Crippen LogP contribution in [-0.2, 0) is 11.8 Å². The molecule has 0 radical (unpaired) electrons. The minimum Gasteiger partial charge on any atom is -0.380 e. The zero-order valence-electron chi connectivity index (χ0n) is 9.73. The summed E-state index contributed by atoms with van der Waals surface area (Å²) >= 11 is 5.95. The van der Waals surface area contributed by atoms with Crippen LogP contribution in [0.2, 0.25) is 5.02 Å². The topological polar surface area (TPSA) is 47.4 Å². The SMILES string of the molecule is CCOCCN(C)c1cnn(C)c(=O)c1Cl. The van der Waals surface area contributed by atoms with E-state index in [9.17, 15) is 4.79 Å². The Bertz CT molecular complexity index is 406. The van der Waals surface area contributed by atoms with Gasteiger partial charge in [0.2, 0.25) is 0 Å². The van der Waals surface area contributed by atoms with E-state index < -0.39 is 0 Å².